The van der Waals surface area contributed by atoms with Gasteiger partial charge in [0.05, 0.1) is 11.5 Å². The minimum atomic E-state index is -0.850. The minimum absolute atomic E-state index is 0.0588. The smallest absolute Gasteiger partial charge is 0.308 e. The molecule has 136 valence electrons. The lowest BCUT2D eigenvalue weighted by Gasteiger charge is -2.18. The number of carbonyl (C=O) groups is 2. The van der Waals surface area contributed by atoms with Gasteiger partial charge in [0.25, 0.3) is 5.91 Å². The Balaban J connectivity index is 1.76. The average Bonchev–Trinajstić information content (AvgIpc) is 3.03. The number of para-hydroxylation sites is 1. The molecule has 1 heterocycles. The van der Waals surface area contributed by atoms with Crippen LogP contribution in [-0.2, 0) is 11.4 Å². The second kappa shape index (κ2) is 7.60. The quantitative estimate of drug-likeness (QED) is 0.895. The number of carboxylic acid groups (broad SMARTS) is 1. The topological polar surface area (TPSA) is 66.8 Å². The Labute approximate surface area is 153 Å². The molecule has 26 heavy (non-hydrogen) atoms. The number of ether oxygens (including phenoxy) is 1. The number of nitrogens with zero attached hydrogens (tertiary/aromatic N) is 1. The number of likely N-dealkylation sites (tertiary alicyclic amines) is 1. The number of amides is 1. The van der Waals surface area contributed by atoms with Gasteiger partial charge in [0.15, 0.2) is 0 Å². The molecule has 3 rings (SSSR count). The highest BCUT2D eigenvalue weighted by atomic mass is 16.5. The van der Waals surface area contributed by atoms with Gasteiger partial charge in [-0.2, -0.15) is 0 Å². The molecule has 5 heteroatoms. The number of aryl methyl sites for hydroxylation is 1. The number of hydrogen-bond donors (Lipinski definition) is 1. The van der Waals surface area contributed by atoms with Crippen LogP contribution in [-0.4, -0.2) is 35.0 Å². The predicted octanol–water partition coefficient (Wildman–Crippen LogP) is 3.37. The Morgan fingerprint density at radius 2 is 1.81 bits per heavy atom. The minimum Gasteiger partial charge on any atom is -0.488 e. The van der Waals surface area contributed by atoms with Crippen molar-refractivity contribution in [1.29, 1.82) is 0 Å². The molecule has 2 atom stereocenters. The van der Waals surface area contributed by atoms with Gasteiger partial charge in [-0.1, -0.05) is 43.3 Å². The molecule has 1 N–H and O–H groups in total. The zero-order valence-electron chi connectivity index (χ0n) is 15.0. The van der Waals surface area contributed by atoms with Crippen LogP contribution < -0.4 is 4.74 Å². The lowest BCUT2D eigenvalue weighted by atomic mass is 9.99. The molecule has 1 aliphatic heterocycles. The van der Waals surface area contributed by atoms with Crippen LogP contribution in [0.5, 0.6) is 5.75 Å². The van der Waals surface area contributed by atoms with E-state index in [1.807, 2.05) is 44.2 Å². The fourth-order valence-corrected chi connectivity index (χ4v) is 3.32. The predicted molar refractivity (Wildman–Crippen MR) is 98.1 cm³/mol. The summed E-state index contributed by atoms with van der Waals surface area (Å²) in [6.45, 7) is 4.95. The normalized spacial score (nSPS) is 19.4. The van der Waals surface area contributed by atoms with Gasteiger partial charge in [0.1, 0.15) is 12.4 Å². The van der Waals surface area contributed by atoms with E-state index in [0.717, 1.165) is 11.1 Å². The van der Waals surface area contributed by atoms with Crippen molar-refractivity contribution < 1.29 is 19.4 Å². The fraction of sp³-hybridized carbons (Fsp3) is 0.333. The summed E-state index contributed by atoms with van der Waals surface area (Å²) < 4.78 is 5.92. The van der Waals surface area contributed by atoms with Gasteiger partial charge in [-0.15, -0.1) is 0 Å². The zero-order valence-corrected chi connectivity index (χ0v) is 15.0. The lowest BCUT2D eigenvalue weighted by molar-refractivity contribution is -0.142. The van der Waals surface area contributed by atoms with Gasteiger partial charge in [0.2, 0.25) is 0 Å². The molecule has 0 saturated carbocycles. The maximum atomic E-state index is 12.9. The number of rotatable bonds is 5. The zero-order chi connectivity index (χ0) is 18.7. The maximum absolute atomic E-state index is 12.9. The standard InChI is InChI=1S/C21H23NO4/c1-14-7-3-4-8-16(14)13-26-19-10-6-5-9-17(19)20(23)22-11-15(2)18(12-22)21(24)25/h3-10,15,18H,11-13H2,1-2H3,(H,24,25)/t15-,18-/m1/s1. The number of benzene rings is 2. The van der Waals surface area contributed by atoms with Crippen LogP contribution in [0.1, 0.15) is 28.4 Å². The summed E-state index contributed by atoms with van der Waals surface area (Å²) in [5, 5.41) is 9.28. The summed E-state index contributed by atoms with van der Waals surface area (Å²) in [5.74, 6) is -1.08. The summed E-state index contributed by atoms with van der Waals surface area (Å²) in [7, 11) is 0. The molecular formula is C21H23NO4. The largest absolute Gasteiger partial charge is 0.488 e. The first-order valence-electron chi connectivity index (χ1n) is 8.75. The van der Waals surface area contributed by atoms with E-state index in [0.29, 0.717) is 24.5 Å². The lowest BCUT2D eigenvalue weighted by Crippen LogP contribution is -2.30. The molecule has 1 aliphatic rings. The number of hydrogen-bond acceptors (Lipinski definition) is 3. The first-order chi connectivity index (χ1) is 12.5. The van der Waals surface area contributed by atoms with E-state index in [-0.39, 0.29) is 18.4 Å². The van der Waals surface area contributed by atoms with Crippen molar-refractivity contribution in [2.24, 2.45) is 11.8 Å². The highest BCUT2D eigenvalue weighted by Crippen LogP contribution is 2.28. The number of aliphatic carboxylic acids is 1. The summed E-state index contributed by atoms with van der Waals surface area (Å²) in [6.07, 6.45) is 0. The van der Waals surface area contributed by atoms with Gasteiger partial charge >= 0.3 is 5.97 Å². The molecule has 0 unspecified atom stereocenters. The van der Waals surface area contributed by atoms with Crippen molar-refractivity contribution in [2.45, 2.75) is 20.5 Å². The van der Waals surface area contributed by atoms with E-state index in [9.17, 15) is 14.7 Å². The third kappa shape index (κ3) is 3.72. The molecular weight excluding hydrogens is 330 g/mol. The summed E-state index contributed by atoms with van der Waals surface area (Å²) in [6, 6.07) is 15.1. The van der Waals surface area contributed by atoms with E-state index in [2.05, 4.69) is 0 Å². The molecule has 1 saturated heterocycles. The molecule has 0 aliphatic carbocycles. The van der Waals surface area contributed by atoms with Gasteiger partial charge < -0.3 is 14.7 Å². The molecule has 2 aromatic carbocycles. The van der Waals surface area contributed by atoms with Crippen molar-refractivity contribution >= 4 is 11.9 Å². The molecule has 1 fully saturated rings. The Bertz CT molecular complexity index is 817. The monoisotopic (exact) mass is 353 g/mol. The van der Waals surface area contributed by atoms with Gasteiger partial charge in [0, 0.05) is 13.1 Å². The second-order valence-corrected chi connectivity index (χ2v) is 6.84. The van der Waals surface area contributed by atoms with Crippen LogP contribution in [0.4, 0.5) is 0 Å². The van der Waals surface area contributed by atoms with E-state index in [1.54, 1.807) is 23.1 Å². The first-order valence-corrected chi connectivity index (χ1v) is 8.75. The van der Waals surface area contributed by atoms with E-state index < -0.39 is 11.9 Å². The number of carbonyl (C=O) groups excluding carboxylic acids is 1. The third-order valence-corrected chi connectivity index (χ3v) is 4.98. The van der Waals surface area contributed by atoms with Crippen LogP contribution in [0, 0.1) is 18.8 Å². The van der Waals surface area contributed by atoms with Crippen LogP contribution in [0.3, 0.4) is 0 Å². The van der Waals surface area contributed by atoms with E-state index >= 15 is 0 Å². The van der Waals surface area contributed by atoms with Gasteiger partial charge in [-0.25, -0.2) is 0 Å². The number of carboxylic acids is 1. The molecule has 5 nitrogen and oxygen atoms in total. The molecule has 1 amide bonds. The average molecular weight is 353 g/mol. The van der Waals surface area contributed by atoms with Crippen molar-refractivity contribution in [3.63, 3.8) is 0 Å². The van der Waals surface area contributed by atoms with E-state index in [1.165, 1.54) is 0 Å². The molecule has 0 aromatic heterocycles. The first kappa shape index (κ1) is 18.0. The Hall–Kier alpha value is -2.82. The fourth-order valence-electron chi connectivity index (χ4n) is 3.32. The third-order valence-electron chi connectivity index (χ3n) is 4.98. The Morgan fingerprint density at radius 3 is 2.50 bits per heavy atom. The molecule has 0 spiro atoms. The summed E-state index contributed by atoms with van der Waals surface area (Å²) in [4.78, 5) is 25.8. The molecule has 2 aromatic rings. The van der Waals surface area contributed by atoms with Crippen molar-refractivity contribution in [1.82, 2.24) is 4.90 Å². The van der Waals surface area contributed by atoms with Crippen LogP contribution in [0.2, 0.25) is 0 Å². The maximum Gasteiger partial charge on any atom is 0.308 e. The SMILES string of the molecule is Cc1ccccc1COc1ccccc1C(=O)N1C[C@@H](C)[C@H](C(=O)O)C1. The van der Waals surface area contributed by atoms with Crippen molar-refractivity contribution in [3.8, 4) is 5.75 Å². The van der Waals surface area contributed by atoms with Crippen LogP contribution >= 0.6 is 0 Å². The highest BCUT2D eigenvalue weighted by Gasteiger charge is 2.37. The summed E-state index contributed by atoms with van der Waals surface area (Å²) in [5.41, 5.74) is 2.67. The second-order valence-electron chi connectivity index (χ2n) is 6.84. The van der Waals surface area contributed by atoms with Crippen molar-refractivity contribution in [2.75, 3.05) is 13.1 Å². The Kier molecular flexibility index (Phi) is 5.26. The Morgan fingerprint density at radius 1 is 1.12 bits per heavy atom. The van der Waals surface area contributed by atoms with Crippen LogP contribution in [0.15, 0.2) is 48.5 Å². The molecule has 0 radical (unpaired) electrons. The van der Waals surface area contributed by atoms with Crippen LogP contribution in [0.25, 0.3) is 0 Å². The van der Waals surface area contributed by atoms with Gasteiger partial charge in [-0.3, -0.25) is 9.59 Å². The van der Waals surface area contributed by atoms with Gasteiger partial charge in [-0.05, 0) is 36.1 Å². The molecule has 0 bridgehead atoms. The van der Waals surface area contributed by atoms with Crippen molar-refractivity contribution in [3.05, 3.63) is 65.2 Å². The highest BCUT2D eigenvalue weighted by molar-refractivity contribution is 5.97. The summed E-state index contributed by atoms with van der Waals surface area (Å²) >= 11 is 0. The van der Waals surface area contributed by atoms with E-state index in [4.69, 9.17) is 4.74 Å².